The number of urea groups is 1. The number of nitrogens with zero attached hydrogens (tertiary/aromatic N) is 3. The summed E-state index contributed by atoms with van der Waals surface area (Å²) in [6, 6.07) is 7.38. The van der Waals surface area contributed by atoms with Crippen LogP contribution in [0.15, 0.2) is 55.1 Å². The van der Waals surface area contributed by atoms with Crippen molar-refractivity contribution < 1.29 is 13.9 Å². The van der Waals surface area contributed by atoms with Crippen molar-refractivity contribution in [2.45, 2.75) is 13.0 Å². The number of carbonyl (C=O) groups excluding carboxylic acids is 1. The van der Waals surface area contributed by atoms with E-state index in [4.69, 9.17) is 4.74 Å². The lowest BCUT2D eigenvalue weighted by atomic mass is 10.1. The summed E-state index contributed by atoms with van der Waals surface area (Å²) in [5.74, 6) is -0.313. The molecule has 8 heteroatoms. The van der Waals surface area contributed by atoms with Gasteiger partial charge in [-0.2, -0.15) is 5.10 Å². The zero-order valence-corrected chi connectivity index (χ0v) is 14.3. The molecule has 0 aliphatic heterocycles. The Morgan fingerprint density at radius 3 is 2.73 bits per heavy atom. The van der Waals surface area contributed by atoms with Crippen molar-refractivity contribution in [2.24, 2.45) is 0 Å². The first-order valence-electron chi connectivity index (χ1n) is 7.93. The molecule has 3 aromatic rings. The Bertz CT molecular complexity index is 898. The normalized spacial score (nSPS) is 11.7. The molecule has 0 bridgehead atoms. The van der Waals surface area contributed by atoms with Crippen LogP contribution in [0.3, 0.4) is 0 Å². The number of halogens is 1. The van der Waals surface area contributed by atoms with Gasteiger partial charge in [0.25, 0.3) is 0 Å². The van der Waals surface area contributed by atoms with Gasteiger partial charge in [-0.25, -0.2) is 13.9 Å². The standard InChI is InChI=1S/C18H18FN5O2/c1-12(13-3-4-17(26-2)16(19)9-13)22-18(25)23-14-10-21-24(11-14)15-5-7-20-8-6-15/h3-12H,1-2H3,(H2,22,23,25)/t12-/m1/s1. The van der Waals surface area contributed by atoms with E-state index >= 15 is 0 Å². The minimum Gasteiger partial charge on any atom is -0.494 e. The zero-order chi connectivity index (χ0) is 18.5. The molecule has 0 aliphatic carbocycles. The highest BCUT2D eigenvalue weighted by Crippen LogP contribution is 2.21. The Balaban J connectivity index is 1.62. The number of nitrogens with one attached hydrogen (secondary N) is 2. The summed E-state index contributed by atoms with van der Waals surface area (Å²) in [6.07, 6.45) is 6.54. The molecule has 0 radical (unpaired) electrons. The molecule has 0 unspecified atom stereocenters. The second kappa shape index (κ2) is 7.64. The number of aromatic nitrogens is 3. The molecular formula is C18H18FN5O2. The van der Waals surface area contributed by atoms with Gasteiger partial charge < -0.3 is 15.4 Å². The van der Waals surface area contributed by atoms with Gasteiger partial charge in [0.1, 0.15) is 0 Å². The maximum atomic E-state index is 13.8. The number of anilines is 1. The fourth-order valence-electron chi connectivity index (χ4n) is 2.42. The van der Waals surface area contributed by atoms with Gasteiger partial charge in [-0.05, 0) is 36.8 Å². The third-order valence-electron chi connectivity index (χ3n) is 3.79. The highest BCUT2D eigenvalue weighted by atomic mass is 19.1. The first kappa shape index (κ1) is 17.4. The molecule has 7 nitrogen and oxygen atoms in total. The molecule has 2 amide bonds. The van der Waals surface area contributed by atoms with E-state index in [0.29, 0.717) is 11.3 Å². The summed E-state index contributed by atoms with van der Waals surface area (Å²) in [6.45, 7) is 1.77. The first-order chi connectivity index (χ1) is 12.6. The van der Waals surface area contributed by atoms with Crippen LogP contribution in [-0.2, 0) is 0 Å². The number of hydrogen-bond acceptors (Lipinski definition) is 4. The largest absolute Gasteiger partial charge is 0.494 e. The Hall–Kier alpha value is -3.42. The van der Waals surface area contributed by atoms with Crippen molar-refractivity contribution in [3.8, 4) is 11.4 Å². The van der Waals surface area contributed by atoms with Crippen LogP contribution < -0.4 is 15.4 Å². The summed E-state index contributed by atoms with van der Waals surface area (Å²) < 4.78 is 20.3. The summed E-state index contributed by atoms with van der Waals surface area (Å²) in [5.41, 5.74) is 1.99. The van der Waals surface area contributed by atoms with Gasteiger partial charge >= 0.3 is 6.03 Å². The van der Waals surface area contributed by atoms with Crippen molar-refractivity contribution in [3.05, 3.63) is 66.5 Å². The summed E-state index contributed by atoms with van der Waals surface area (Å²) in [5, 5.41) is 9.65. The second-order valence-electron chi connectivity index (χ2n) is 5.59. The number of ether oxygens (including phenoxy) is 1. The minimum atomic E-state index is -0.474. The van der Waals surface area contributed by atoms with Gasteiger partial charge in [-0.3, -0.25) is 4.98 Å². The second-order valence-corrected chi connectivity index (χ2v) is 5.59. The SMILES string of the molecule is COc1ccc([C@@H](C)NC(=O)Nc2cnn(-c3ccncc3)c2)cc1F. The van der Waals surface area contributed by atoms with E-state index < -0.39 is 11.8 Å². The van der Waals surface area contributed by atoms with Crippen LogP contribution in [0.2, 0.25) is 0 Å². The van der Waals surface area contributed by atoms with Crippen LogP contribution >= 0.6 is 0 Å². The first-order valence-corrected chi connectivity index (χ1v) is 7.93. The average molecular weight is 355 g/mol. The molecule has 1 aromatic carbocycles. The Kier molecular flexibility index (Phi) is 5.12. The van der Waals surface area contributed by atoms with Crippen LogP contribution in [0.25, 0.3) is 5.69 Å². The van der Waals surface area contributed by atoms with E-state index in [9.17, 15) is 9.18 Å². The maximum Gasteiger partial charge on any atom is 0.319 e. The number of carbonyl (C=O) groups is 1. The van der Waals surface area contributed by atoms with Crippen molar-refractivity contribution in [2.75, 3.05) is 12.4 Å². The van der Waals surface area contributed by atoms with Crippen molar-refractivity contribution in [1.82, 2.24) is 20.1 Å². The molecule has 2 heterocycles. The molecule has 0 fully saturated rings. The van der Waals surface area contributed by atoms with Crippen LogP contribution in [0.5, 0.6) is 5.75 Å². The van der Waals surface area contributed by atoms with Crippen molar-refractivity contribution in [3.63, 3.8) is 0 Å². The summed E-state index contributed by atoms with van der Waals surface area (Å²) in [4.78, 5) is 16.1. The molecule has 26 heavy (non-hydrogen) atoms. The van der Waals surface area contributed by atoms with Gasteiger partial charge in [0.05, 0.1) is 36.9 Å². The zero-order valence-electron chi connectivity index (χ0n) is 14.3. The summed E-state index contributed by atoms with van der Waals surface area (Å²) >= 11 is 0. The topological polar surface area (TPSA) is 81.1 Å². The highest BCUT2D eigenvalue weighted by molar-refractivity contribution is 5.89. The lowest BCUT2D eigenvalue weighted by Crippen LogP contribution is -2.31. The van der Waals surface area contributed by atoms with Crippen LogP contribution in [0.1, 0.15) is 18.5 Å². The van der Waals surface area contributed by atoms with Gasteiger partial charge in [-0.15, -0.1) is 0 Å². The number of benzene rings is 1. The molecular weight excluding hydrogens is 337 g/mol. The van der Waals surface area contributed by atoms with Crippen LogP contribution in [0.4, 0.5) is 14.9 Å². The Morgan fingerprint density at radius 2 is 2.04 bits per heavy atom. The fraction of sp³-hybridized carbons (Fsp3) is 0.167. The van der Waals surface area contributed by atoms with Crippen LogP contribution in [0, 0.1) is 5.82 Å². The number of methoxy groups -OCH3 is 1. The van der Waals surface area contributed by atoms with Crippen molar-refractivity contribution >= 4 is 11.7 Å². The van der Waals surface area contributed by atoms with E-state index in [1.54, 1.807) is 48.4 Å². The van der Waals surface area contributed by atoms with E-state index in [0.717, 1.165) is 5.69 Å². The number of hydrogen-bond donors (Lipinski definition) is 2. The third-order valence-corrected chi connectivity index (χ3v) is 3.79. The van der Waals surface area contributed by atoms with Gasteiger partial charge in [0.2, 0.25) is 0 Å². The van der Waals surface area contributed by atoms with Gasteiger partial charge in [-0.1, -0.05) is 6.07 Å². The molecule has 0 spiro atoms. The fourth-order valence-corrected chi connectivity index (χ4v) is 2.42. The van der Waals surface area contributed by atoms with E-state index in [1.807, 2.05) is 0 Å². The maximum absolute atomic E-state index is 13.8. The van der Waals surface area contributed by atoms with E-state index in [2.05, 4.69) is 20.7 Å². The molecule has 134 valence electrons. The number of pyridine rings is 1. The number of rotatable bonds is 5. The molecule has 0 saturated heterocycles. The predicted molar refractivity (Wildman–Crippen MR) is 94.9 cm³/mol. The predicted octanol–water partition coefficient (Wildman–Crippen LogP) is 3.30. The lowest BCUT2D eigenvalue weighted by molar-refractivity contribution is 0.249. The Labute approximate surface area is 149 Å². The Morgan fingerprint density at radius 1 is 1.27 bits per heavy atom. The quantitative estimate of drug-likeness (QED) is 0.736. The molecule has 1 atom stereocenters. The molecule has 2 aromatic heterocycles. The van der Waals surface area contributed by atoms with Crippen molar-refractivity contribution in [1.29, 1.82) is 0 Å². The number of amides is 2. The minimum absolute atomic E-state index is 0.161. The smallest absolute Gasteiger partial charge is 0.319 e. The summed E-state index contributed by atoms with van der Waals surface area (Å²) in [7, 11) is 1.40. The lowest BCUT2D eigenvalue weighted by Gasteiger charge is -2.15. The monoisotopic (exact) mass is 355 g/mol. The van der Waals surface area contributed by atoms with E-state index in [-0.39, 0.29) is 11.8 Å². The van der Waals surface area contributed by atoms with Gasteiger partial charge in [0, 0.05) is 12.4 Å². The average Bonchev–Trinajstić information content (AvgIpc) is 3.10. The molecule has 2 N–H and O–H groups in total. The molecule has 3 rings (SSSR count). The van der Waals surface area contributed by atoms with Gasteiger partial charge in [0.15, 0.2) is 11.6 Å². The molecule has 0 aliphatic rings. The molecule has 0 saturated carbocycles. The van der Waals surface area contributed by atoms with Crippen LogP contribution in [-0.4, -0.2) is 27.9 Å². The van der Waals surface area contributed by atoms with E-state index in [1.165, 1.54) is 25.4 Å². The highest BCUT2D eigenvalue weighted by Gasteiger charge is 2.13. The third kappa shape index (κ3) is 3.97.